The average Bonchev–Trinajstić information content (AvgIpc) is 3.69. The van der Waals surface area contributed by atoms with Gasteiger partial charge in [-0.25, -0.2) is 5.06 Å². The minimum absolute atomic E-state index is 0.0118. The van der Waals surface area contributed by atoms with E-state index in [0.717, 1.165) is 31.2 Å². The second-order valence-electron chi connectivity index (χ2n) is 17.3. The van der Waals surface area contributed by atoms with Gasteiger partial charge >= 0.3 is 0 Å². The lowest BCUT2D eigenvalue weighted by atomic mass is 9.84. The summed E-state index contributed by atoms with van der Waals surface area (Å²) in [5.74, 6) is -2.86. The van der Waals surface area contributed by atoms with Crippen molar-refractivity contribution < 1.29 is 43.4 Å². The first-order chi connectivity index (χ1) is 27.5. The molecule has 0 bridgehead atoms. The SMILES string of the molecule is CC[C@H](C)[C@@H]([C@@H](CC(=O)N1CCC[C@H]1[C@H](OC)[C@@H](C)C(=O)C[C@@H](Cc1ccccc1)C(=O)N1CCCCO1)OC)N(C)C(=O)[C@@H](CC(=O)[C@H]([C@@H](C)O)N(C)C)C(C)C. The monoisotopic (exact) mass is 815 g/mol. The third-order valence-electron chi connectivity index (χ3n) is 12.6. The Balaban J connectivity index is 1.80. The number of Topliss-reactive ketones (excluding diaryl/α,β-unsaturated/α-hetero) is 2. The highest BCUT2D eigenvalue weighted by Gasteiger charge is 2.44. The van der Waals surface area contributed by atoms with Gasteiger partial charge in [-0.3, -0.25) is 33.7 Å². The Hall–Kier alpha value is -3.23. The number of carbonyl (C=O) groups is 5. The van der Waals surface area contributed by atoms with Crippen LogP contribution in [0.4, 0.5) is 0 Å². The van der Waals surface area contributed by atoms with Gasteiger partial charge in [0.2, 0.25) is 17.7 Å². The largest absolute Gasteiger partial charge is 0.391 e. The maximum atomic E-state index is 14.3. The number of aliphatic hydroxyl groups excluding tert-OH is 1. The van der Waals surface area contributed by atoms with E-state index in [2.05, 4.69) is 0 Å². The number of hydroxylamine groups is 2. The second-order valence-corrected chi connectivity index (χ2v) is 17.3. The molecule has 2 saturated heterocycles. The van der Waals surface area contributed by atoms with Crippen LogP contribution >= 0.6 is 0 Å². The summed E-state index contributed by atoms with van der Waals surface area (Å²) in [5.41, 5.74) is 0.965. The van der Waals surface area contributed by atoms with Crippen LogP contribution in [0.2, 0.25) is 0 Å². The number of nitrogens with zero attached hydrogens (tertiary/aromatic N) is 4. The van der Waals surface area contributed by atoms with Gasteiger partial charge in [0.05, 0.1) is 55.4 Å². The molecule has 1 aromatic carbocycles. The third-order valence-corrected chi connectivity index (χ3v) is 12.6. The molecule has 58 heavy (non-hydrogen) atoms. The standard InChI is InChI=1S/C45H74N4O9/c1-12-30(4)41(47(9)45(55)35(29(2)3)27-38(52)42(32(6)50)46(7)8)39(56-10)28-40(53)48-22-18-21-36(48)43(57-11)31(5)37(51)26-34(25-33-19-14-13-15-20-33)44(54)49-23-16-17-24-58-49/h13-15,19-20,29-32,34-36,39,41-43,50H,12,16-18,21-28H2,1-11H3/t30-,31-,32+,34+,35-,36-,39+,41-,42-,43+/m0/s1. The first-order valence-electron chi connectivity index (χ1n) is 21.5. The van der Waals surface area contributed by atoms with Crippen LogP contribution in [-0.2, 0) is 44.7 Å². The quantitative estimate of drug-likeness (QED) is 0.163. The van der Waals surface area contributed by atoms with Gasteiger partial charge in [0.15, 0.2) is 5.78 Å². The van der Waals surface area contributed by atoms with E-state index in [1.165, 1.54) is 5.06 Å². The van der Waals surface area contributed by atoms with Gasteiger partial charge in [-0.05, 0) is 70.5 Å². The van der Waals surface area contributed by atoms with Gasteiger partial charge in [0, 0.05) is 59.0 Å². The summed E-state index contributed by atoms with van der Waals surface area (Å²) in [5, 5.41) is 11.8. The van der Waals surface area contributed by atoms with Gasteiger partial charge in [-0.1, -0.05) is 71.4 Å². The smallest absolute Gasteiger partial charge is 0.250 e. The van der Waals surface area contributed by atoms with Crippen molar-refractivity contribution in [3.8, 4) is 0 Å². The fraction of sp³-hybridized carbons (Fsp3) is 0.756. The van der Waals surface area contributed by atoms with Crippen LogP contribution in [0.25, 0.3) is 0 Å². The molecule has 0 radical (unpaired) electrons. The van der Waals surface area contributed by atoms with E-state index < -0.39 is 48.1 Å². The van der Waals surface area contributed by atoms with Crippen LogP contribution in [0.3, 0.4) is 0 Å². The van der Waals surface area contributed by atoms with Crippen molar-refractivity contribution >= 4 is 29.3 Å². The molecule has 0 spiro atoms. The fourth-order valence-electron chi connectivity index (χ4n) is 9.08. The van der Waals surface area contributed by atoms with Crippen LogP contribution in [0.5, 0.6) is 0 Å². The highest BCUT2D eigenvalue weighted by atomic mass is 16.7. The average molecular weight is 815 g/mol. The van der Waals surface area contributed by atoms with Crippen LogP contribution in [0.15, 0.2) is 30.3 Å². The highest BCUT2D eigenvalue weighted by Crippen LogP contribution is 2.32. The molecule has 3 rings (SSSR count). The number of likely N-dealkylation sites (tertiary alicyclic amines) is 1. The Kier molecular flexibility index (Phi) is 19.9. The third kappa shape index (κ3) is 12.9. The number of ether oxygens (including phenoxy) is 2. The molecule has 2 aliphatic heterocycles. The molecular formula is C45H74N4O9. The maximum Gasteiger partial charge on any atom is 0.250 e. The molecule has 13 heteroatoms. The number of hydrogen-bond acceptors (Lipinski definition) is 10. The summed E-state index contributed by atoms with van der Waals surface area (Å²) in [4.78, 5) is 80.8. The van der Waals surface area contributed by atoms with E-state index in [1.807, 2.05) is 65.0 Å². The molecular weight excluding hydrogens is 741 g/mol. The van der Waals surface area contributed by atoms with Crippen molar-refractivity contribution in [3.63, 3.8) is 0 Å². The molecule has 1 N–H and O–H groups in total. The minimum Gasteiger partial charge on any atom is -0.391 e. The number of hydrogen-bond donors (Lipinski definition) is 1. The molecule has 328 valence electrons. The maximum absolute atomic E-state index is 14.3. The predicted octanol–water partition coefficient (Wildman–Crippen LogP) is 4.82. The lowest BCUT2D eigenvalue weighted by molar-refractivity contribution is -0.201. The van der Waals surface area contributed by atoms with Gasteiger partial charge < -0.3 is 24.4 Å². The van der Waals surface area contributed by atoms with Crippen molar-refractivity contribution in [1.82, 2.24) is 19.8 Å². The Morgan fingerprint density at radius 2 is 1.55 bits per heavy atom. The van der Waals surface area contributed by atoms with E-state index in [0.29, 0.717) is 32.5 Å². The van der Waals surface area contributed by atoms with E-state index >= 15 is 0 Å². The number of carbonyl (C=O) groups excluding carboxylic acids is 5. The lowest BCUT2D eigenvalue weighted by Gasteiger charge is -2.41. The first kappa shape index (κ1) is 49.1. The number of ketones is 2. The normalized spacial score (nSPS) is 20.8. The molecule has 0 aliphatic carbocycles. The first-order valence-corrected chi connectivity index (χ1v) is 21.5. The molecule has 0 unspecified atom stereocenters. The van der Waals surface area contributed by atoms with Gasteiger partial charge in [0.1, 0.15) is 5.78 Å². The zero-order valence-electron chi connectivity index (χ0n) is 37.2. The van der Waals surface area contributed by atoms with Crippen molar-refractivity contribution in [3.05, 3.63) is 35.9 Å². The Bertz CT molecular complexity index is 1460. The summed E-state index contributed by atoms with van der Waals surface area (Å²) in [6.45, 7) is 12.8. The number of benzene rings is 1. The predicted molar refractivity (Wildman–Crippen MR) is 223 cm³/mol. The van der Waals surface area contributed by atoms with Crippen molar-refractivity contribution in [1.29, 1.82) is 0 Å². The molecule has 0 aromatic heterocycles. The van der Waals surface area contributed by atoms with Crippen molar-refractivity contribution in [2.45, 2.75) is 136 Å². The van der Waals surface area contributed by atoms with Crippen LogP contribution in [0.1, 0.15) is 98.5 Å². The number of likely N-dealkylation sites (N-methyl/N-ethyl adjacent to an activating group) is 2. The van der Waals surface area contributed by atoms with Gasteiger partial charge in [-0.15, -0.1) is 0 Å². The number of rotatable bonds is 23. The zero-order valence-corrected chi connectivity index (χ0v) is 37.2. The Morgan fingerprint density at radius 1 is 0.879 bits per heavy atom. The van der Waals surface area contributed by atoms with Crippen LogP contribution in [-0.4, -0.2) is 146 Å². The van der Waals surface area contributed by atoms with E-state index in [9.17, 15) is 29.1 Å². The van der Waals surface area contributed by atoms with Crippen molar-refractivity contribution in [2.24, 2.45) is 29.6 Å². The van der Waals surface area contributed by atoms with Gasteiger partial charge in [-0.2, -0.15) is 0 Å². The van der Waals surface area contributed by atoms with E-state index in [1.54, 1.807) is 57.0 Å². The molecule has 2 fully saturated rings. The van der Waals surface area contributed by atoms with Gasteiger partial charge in [0.25, 0.3) is 0 Å². The molecule has 1 aromatic rings. The molecule has 2 heterocycles. The highest BCUT2D eigenvalue weighted by molar-refractivity contribution is 5.90. The summed E-state index contributed by atoms with van der Waals surface area (Å²) in [7, 11) is 8.33. The molecule has 0 saturated carbocycles. The summed E-state index contributed by atoms with van der Waals surface area (Å²) in [6.07, 6.45) is 2.15. The summed E-state index contributed by atoms with van der Waals surface area (Å²) >= 11 is 0. The van der Waals surface area contributed by atoms with Crippen molar-refractivity contribution in [2.75, 3.05) is 55.1 Å². The fourth-order valence-corrected chi connectivity index (χ4v) is 9.08. The van der Waals surface area contributed by atoms with Crippen LogP contribution in [0, 0.1) is 29.6 Å². The van der Waals surface area contributed by atoms with E-state index in [4.69, 9.17) is 14.3 Å². The summed E-state index contributed by atoms with van der Waals surface area (Å²) < 4.78 is 12.1. The van der Waals surface area contributed by atoms with E-state index in [-0.39, 0.29) is 66.4 Å². The minimum atomic E-state index is -0.895. The molecule has 2 aliphatic rings. The van der Waals surface area contributed by atoms with Crippen LogP contribution < -0.4 is 0 Å². The molecule has 13 nitrogen and oxygen atoms in total. The topological polar surface area (TPSA) is 146 Å². The molecule has 10 atom stereocenters. The number of amides is 3. The second kappa shape index (κ2) is 23.5. The zero-order chi connectivity index (χ0) is 43.3. The molecule has 3 amide bonds. The Labute approximate surface area is 348 Å². The summed E-state index contributed by atoms with van der Waals surface area (Å²) in [6, 6.07) is 8.13. The lowest BCUT2D eigenvalue weighted by Crippen LogP contribution is -2.54. The number of aliphatic hydroxyl groups is 1. The Morgan fingerprint density at radius 3 is 2.09 bits per heavy atom. The number of methoxy groups -OCH3 is 2.